The van der Waals surface area contributed by atoms with E-state index >= 15 is 0 Å². The lowest BCUT2D eigenvalue weighted by molar-refractivity contribution is -0.128. The highest BCUT2D eigenvalue weighted by Crippen LogP contribution is 2.15. The third-order valence-electron chi connectivity index (χ3n) is 5.25. The lowest BCUT2D eigenvalue weighted by Gasteiger charge is -2.16. The van der Waals surface area contributed by atoms with Crippen LogP contribution in [-0.2, 0) is 30.8 Å². The summed E-state index contributed by atoms with van der Waals surface area (Å²) in [6.45, 7) is 8.00. The molecular formula is C24H33IN4O. The first-order valence-corrected chi connectivity index (χ1v) is 10.6. The van der Waals surface area contributed by atoms with E-state index in [2.05, 4.69) is 73.0 Å². The maximum absolute atomic E-state index is 11.9. The number of nitrogens with zero attached hydrogens (tertiary/aromatic N) is 2. The van der Waals surface area contributed by atoms with Crippen LogP contribution in [0.25, 0.3) is 0 Å². The Morgan fingerprint density at radius 3 is 2.50 bits per heavy atom. The predicted octanol–water partition coefficient (Wildman–Crippen LogP) is 4.24. The molecule has 0 saturated carbocycles. The number of hydrogen-bond donors (Lipinski definition) is 2. The number of halogens is 1. The Morgan fingerprint density at radius 2 is 1.80 bits per heavy atom. The molecule has 1 aliphatic rings. The number of aliphatic imine (C=N–C) groups is 1. The molecule has 0 bridgehead atoms. The minimum atomic E-state index is 0. The van der Waals surface area contributed by atoms with Crippen LogP contribution in [0.2, 0.25) is 0 Å². The van der Waals surface area contributed by atoms with Gasteiger partial charge in [-0.25, -0.2) is 4.99 Å². The fraction of sp³-hybridized carbons (Fsp3) is 0.417. The molecule has 0 aromatic heterocycles. The molecule has 5 nitrogen and oxygen atoms in total. The lowest BCUT2D eigenvalue weighted by atomic mass is 10.1. The van der Waals surface area contributed by atoms with Crippen molar-refractivity contribution < 1.29 is 4.79 Å². The second kappa shape index (κ2) is 12.6. The van der Waals surface area contributed by atoms with Gasteiger partial charge in [-0.1, -0.05) is 55.5 Å². The smallest absolute Gasteiger partial charge is 0.222 e. The zero-order valence-electron chi connectivity index (χ0n) is 18.0. The SMILES string of the molecule is CCNC(=NCc1cccc(CN2CCCC2=O)c1)NCc1ccccc1CC.I. The molecule has 2 aromatic rings. The van der Waals surface area contributed by atoms with Crippen LogP contribution < -0.4 is 10.6 Å². The number of nitrogens with one attached hydrogen (secondary N) is 2. The number of likely N-dealkylation sites (tertiary alicyclic amines) is 1. The van der Waals surface area contributed by atoms with E-state index in [9.17, 15) is 4.79 Å². The topological polar surface area (TPSA) is 56.7 Å². The fourth-order valence-electron chi connectivity index (χ4n) is 3.68. The quantitative estimate of drug-likeness (QED) is 0.311. The minimum Gasteiger partial charge on any atom is -0.357 e. The molecule has 1 saturated heterocycles. The summed E-state index contributed by atoms with van der Waals surface area (Å²) < 4.78 is 0. The summed E-state index contributed by atoms with van der Waals surface area (Å²) in [5.41, 5.74) is 4.99. The van der Waals surface area contributed by atoms with Crippen LogP contribution in [0.3, 0.4) is 0 Å². The predicted molar refractivity (Wildman–Crippen MR) is 134 cm³/mol. The molecule has 1 heterocycles. The van der Waals surface area contributed by atoms with Crippen molar-refractivity contribution in [2.75, 3.05) is 13.1 Å². The number of rotatable bonds is 8. The molecule has 0 spiro atoms. The first kappa shape index (κ1) is 24.2. The van der Waals surface area contributed by atoms with Crippen LogP contribution in [0, 0.1) is 0 Å². The summed E-state index contributed by atoms with van der Waals surface area (Å²) in [5.74, 6) is 1.08. The summed E-state index contributed by atoms with van der Waals surface area (Å²) in [6, 6.07) is 16.9. The van der Waals surface area contributed by atoms with Gasteiger partial charge in [0.25, 0.3) is 0 Å². The van der Waals surface area contributed by atoms with Crippen molar-refractivity contribution in [2.24, 2.45) is 4.99 Å². The highest BCUT2D eigenvalue weighted by Gasteiger charge is 2.19. The number of benzene rings is 2. The van der Waals surface area contributed by atoms with E-state index in [1.165, 1.54) is 16.7 Å². The van der Waals surface area contributed by atoms with Crippen LogP contribution in [0.1, 0.15) is 48.9 Å². The largest absolute Gasteiger partial charge is 0.357 e. The maximum Gasteiger partial charge on any atom is 0.222 e. The van der Waals surface area contributed by atoms with Gasteiger partial charge in [0.05, 0.1) is 6.54 Å². The highest BCUT2D eigenvalue weighted by atomic mass is 127. The molecule has 6 heteroatoms. The van der Waals surface area contributed by atoms with Gasteiger partial charge >= 0.3 is 0 Å². The van der Waals surface area contributed by atoms with Gasteiger partial charge in [0.2, 0.25) is 5.91 Å². The van der Waals surface area contributed by atoms with E-state index in [1.807, 2.05) is 4.90 Å². The summed E-state index contributed by atoms with van der Waals surface area (Å²) in [6.07, 6.45) is 2.68. The Labute approximate surface area is 197 Å². The summed E-state index contributed by atoms with van der Waals surface area (Å²) in [5, 5.41) is 6.77. The normalized spacial score (nSPS) is 13.9. The van der Waals surface area contributed by atoms with E-state index in [-0.39, 0.29) is 29.9 Å². The molecule has 2 aromatic carbocycles. The Kier molecular flexibility index (Phi) is 10.1. The van der Waals surface area contributed by atoms with Crippen molar-refractivity contribution in [1.29, 1.82) is 0 Å². The van der Waals surface area contributed by atoms with E-state index in [4.69, 9.17) is 4.99 Å². The van der Waals surface area contributed by atoms with E-state index in [1.54, 1.807) is 0 Å². The Bertz CT molecular complexity index is 853. The molecular weight excluding hydrogens is 487 g/mol. The molecule has 162 valence electrons. The van der Waals surface area contributed by atoms with Crippen molar-refractivity contribution >= 4 is 35.8 Å². The molecule has 1 aliphatic heterocycles. The average Bonchev–Trinajstić information content (AvgIpc) is 3.15. The zero-order chi connectivity index (χ0) is 20.5. The van der Waals surface area contributed by atoms with E-state index in [0.29, 0.717) is 19.5 Å². The molecule has 0 aliphatic carbocycles. The number of carbonyl (C=O) groups excluding carboxylic acids is 1. The Balaban J connectivity index is 0.00000320. The number of amides is 1. The average molecular weight is 520 g/mol. The fourth-order valence-corrected chi connectivity index (χ4v) is 3.68. The standard InChI is InChI=1S/C24H32N4O.HI/c1-3-21-11-5-6-12-22(21)17-27-24(25-4-2)26-16-19-9-7-10-20(15-19)18-28-14-8-13-23(28)29;/h5-7,9-12,15H,3-4,8,13-14,16-18H2,1-2H3,(H2,25,26,27);1H. The molecule has 1 amide bonds. The van der Waals surface area contributed by atoms with Crippen molar-refractivity contribution in [3.05, 3.63) is 70.8 Å². The van der Waals surface area contributed by atoms with Gasteiger partial charge in [-0.2, -0.15) is 0 Å². The second-order valence-corrected chi connectivity index (χ2v) is 7.41. The summed E-state index contributed by atoms with van der Waals surface area (Å²) >= 11 is 0. The van der Waals surface area contributed by atoms with Crippen molar-refractivity contribution in [3.63, 3.8) is 0 Å². The minimum absolute atomic E-state index is 0. The van der Waals surface area contributed by atoms with Gasteiger partial charge in [0.15, 0.2) is 5.96 Å². The van der Waals surface area contributed by atoms with E-state index < -0.39 is 0 Å². The molecule has 30 heavy (non-hydrogen) atoms. The van der Waals surface area contributed by atoms with Gasteiger partial charge in [-0.3, -0.25) is 4.79 Å². The van der Waals surface area contributed by atoms with Gasteiger partial charge in [-0.15, -0.1) is 24.0 Å². The van der Waals surface area contributed by atoms with Crippen LogP contribution >= 0.6 is 24.0 Å². The Hall–Kier alpha value is -2.09. The number of carbonyl (C=O) groups is 1. The maximum atomic E-state index is 11.9. The van der Waals surface area contributed by atoms with Crippen LogP contribution in [0.5, 0.6) is 0 Å². The molecule has 3 rings (SSSR count). The lowest BCUT2D eigenvalue weighted by Crippen LogP contribution is -2.37. The highest BCUT2D eigenvalue weighted by molar-refractivity contribution is 14.0. The number of guanidine groups is 1. The molecule has 0 atom stereocenters. The third kappa shape index (κ3) is 7.00. The van der Waals surface area contributed by atoms with Gasteiger partial charge in [0, 0.05) is 32.6 Å². The molecule has 2 N–H and O–H groups in total. The van der Waals surface area contributed by atoms with Gasteiger partial charge in [0.1, 0.15) is 0 Å². The van der Waals surface area contributed by atoms with Crippen LogP contribution in [0.4, 0.5) is 0 Å². The van der Waals surface area contributed by atoms with Crippen molar-refractivity contribution in [3.8, 4) is 0 Å². The van der Waals surface area contributed by atoms with E-state index in [0.717, 1.165) is 44.0 Å². The molecule has 1 fully saturated rings. The zero-order valence-corrected chi connectivity index (χ0v) is 20.3. The van der Waals surface area contributed by atoms with Crippen molar-refractivity contribution in [2.45, 2.75) is 52.7 Å². The van der Waals surface area contributed by atoms with Crippen LogP contribution in [0.15, 0.2) is 53.5 Å². The molecule has 0 radical (unpaired) electrons. The Morgan fingerprint density at radius 1 is 1.03 bits per heavy atom. The van der Waals surface area contributed by atoms with Gasteiger partial charge < -0.3 is 15.5 Å². The summed E-state index contributed by atoms with van der Waals surface area (Å²) in [7, 11) is 0. The number of aryl methyl sites for hydroxylation is 1. The molecule has 0 unspecified atom stereocenters. The number of hydrogen-bond acceptors (Lipinski definition) is 2. The summed E-state index contributed by atoms with van der Waals surface area (Å²) in [4.78, 5) is 18.6. The van der Waals surface area contributed by atoms with Crippen molar-refractivity contribution in [1.82, 2.24) is 15.5 Å². The monoisotopic (exact) mass is 520 g/mol. The third-order valence-corrected chi connectivity index (χ3v) is 5.25. The first-order chi connectivity index (χ1) is 14.2. The second-order valence-electron chi connectivity index (χ2n) is 7.41. The van der Waals surface area contributed by atoms with Crippen LogP contribution in [-0.4, -0.2) is 29.9 Å². The first-order valence-electron chi connectivity index (χ1n) is 10.6. The van der Waals surface area contributed by atoms with Gasteiger partial charge in [-0.05, 0) is 42.0 Å².